The molecule has 0 bridgehead atoms. The predicted molar refractivity (Wildman–Crippen MR) is 113 cm³/mol. The van der Waals surface area contributed by atoms with E-state index in [4.69, 9.17) is 11.6 Å². The minimum Gasteiger partial charge on any atom is -0.396 e. The highest BCUT2D eigenvalue weighted by Gasteiger charge is 2.17. The molecular weight excluding hydrogens is 390 g/mol. The molecule has 0 unspecified atom stereocenters. The van der Waals surface area contributed by atoms with Gasteiger partial charge in [-0.15, -0.1) is 0 Å². The average molecular weight is 412 g/mol. The number of rotatable bonds is 7. The number of halogens is 1. The number of amides is 1. The van der Waals surface area contributed by atoms with Crippen LogP contribution in [-0.2, 0) is 24.3 Å². The Morgan fingerprint density at radius 3 is 2.48 bits per heavy atom. The van der Waals surface area contributed by atoms with Crippen LogP contribution in [0.1, 0.15) is 16.8 Å². The minimum absolute atomic E-state index is 0.168. The van der Waals surface area contributed by atoms with Gasteiger partial charge in [0.2, 0.25) is 5.91 Å². The average Bonchev–Trinajstić information content (AvgIpc) is 2.73. The van der Waals surface area contributed by atoms with Gasteiger partial charge >= 0.3 is 0 Å². The SMILES string of the molecule is Cc1nc(-c2ccc(Cl)cc2)n(CC(=O)NCc2ccccc2)c(=O)c1CCO. The smallest absolute Gasteiger partial charge is 0.257 e. The molecule has 0 spiro atoms. The molecule has 0 fully saturated rings. The van der Waals surface area contributed by atoms with E-state index in [2.05, 4.69) is 10.3 Å². The summed E-state index contributed by atoms with van der Waals surface area (Å²) in [5.74, 6) is 0.0903. The van der Waals surface area contributed by atoms with Crippen molar-refractivity contribution in [3.63, 3.8) is 0 Å². The van der Waals surface area contributed by atoms with Crippen LogP contribution < -0.4 is 10.9 Å². The molecule has 0 aliphatic carbocycles. The van der Waals surface area contributed by atoms with Gasteiger partial charge in [-0.3, -0.25) is 14.2 Å². The zero-order valence-electron chi connectivity index (χ0n) is 16.1. The van der Waals surface area contributed by atoms with Crippen molar-refractivity contribution in [2.75, 3.05) is 6.61 Å². The lowest BCUT2D eigenvalue weighted by atomic mass is 10.1. The zero-order valence-corrected chi connectivity index (χ0v) is 16.8. The standard InChI is InChI=1S/C22H22ClN3O3/c1-15-19(11-12-27)22(29)26(21(25-15)17-7-9-18(23)10-8-17)14-20(28)24-13-16-5-3-2-4-6-16/h2-10,27H,11-14H2,1H3,(H,24,28). The van der Waals surface area contributed by atoms with Crippen molar-refractivity contribution >= 4 is 17.5 Å². The lowest BCUT2D eigenvalue weighted by Crippen LogP contribution is -2.35. The quantitative estimate of drug-likeness (QED) is 0.626. The molecule has 0 aliphatic rings. The van der Waals surface area contributed by atoms with Crippen molar-refractivity contribution in [1.29, 1.82) is 0 Å². The first-order valence-electron chi connectivity index (χ1n) is 9.27. The van der Waals surface area contributed by atoms with E-state index in [1.54, 1.807) is 31.2 Å². The molecule has 0 saturated heterocycles. The molecule has 3 aromatic rings. The van der Waals surface area contributed by atoms with Gasteiger partial charge in [0.05, 0.1) is 0 Å². The number of aromatic nitrogens is 2. The van der Waals surface area contributed by atoms with Crippen molar-refractivity contribution in [3.8, 4) is 11.4 Å². The maximum absolute atomic E-state index is 13.1. The van der Waals surface area contributed by atoms with Crippen molar-refractivity contribution in [3.05, 3.63) is 86.8 Å². The number of aryl methyl sites for hydroxylation is 1. The molecule has 2 N–H and O–H groups in total. The van der Waals surface area contributed by atoms with E-state index in [0.717, 1.165) is 5.56 Å². The second-order valence-electron chi connectivity index (χ2n) is 6.63. The van der Waals surface area contributed by atoms with Gasteiger partial charge in [-0.1, -0.05) is 41.9 Å². The summed E-state index contributed by atoms with van der Waals surface area (Å²) in [5, 5.41) is 12.7. The molecule has 7 heteroatoms. The summed E-state index contributed by atoms with van der Waals surface area (Å²) < 4.78 is 1.35. The lowest BCUT2D eigenvalue weighted by Gasteiger charge is -2.16. The normalized spacial score (nSPS) is 10.7. The van der Waals surface area contributed by atoms with Crippen LogP contribution in [0.4, 0.5) is 0 Å². The molecule has 150 valence electrons. The van der Waals surface area contributed by atoms with Crippen LogP contribution in [-0.4, -0.2) is 27.2 Å². The van der Waals surface area contributed by atoms with Crippen LogP contribution in [0.5, 0.6) is 0 Å². The number of nitrogens with zero attached hydrogens (tertiary/aromatic N) is 2. The Balaban J connectivity index is 1.93. The number of nitrogens with one attached hydrogen (secondary N) is 1. The summed E-state index contributed by atoms with van der Waals surface area (Å²) in [6.07, 6.45) is 0.185. The Morgan fingerprint density at radius 1 is 1.14 bits per heavy atom. The Hall–Kier alpha value is -2.96. The van der Waals surface area contributed by atoms with E-state index < -0.39 is 0 Å². The number of aliphatic hydroxyl groups is 1. The van der Waals surface area contributed by atoms with Gasteiger partial charge in [0, 0.05) is 41.4 Å². The fraction of sp³-hybridized carbons (Fsp3) is 0.227. The van der Waals surface area contributed by atoms with Gasteiger partial charge in [0.25, 0.3) is 5.56 Å². The third-order valence-corrected chi connectivity index (χ3v) is 4.82. The molecule has 0 aliphatic heterocycles. The molecular formula is C22H22ClN3O3. The molecule has 2 aromatic carbocycles. The summed E-state index contributed by atoms with van der Waals surface area (Å²) in [4.78, 5) is 30.2. The van der Waals surface area contributed by atoms with Crippen molar-refractivity contribution in [2.24, 2.45) is 0 Å². The first-order valence-corrected chi connectivity index (χ1v) is 9.65. The topological polar surface area (TPSA) is 84.2 Å². The molecule has 3 rings (SSSR count). The van der Waals surface area contributed by atoms with Crippen LogP contribution in [0, 0.1) is 6.92 Å². The lowest BCUT2D eigenvalue weighted by molar-refractivity contribution is -0.121. The molecule has 0 saturated carbocycles. The highest BCUT2D eigenvalue weighted by atomic mass is 35.5. The Morgan fingerprint density at radius 2 is 1.83 bits per heavy atom. The first kappa shape index (κ1) is 20.8. The highest BCUT2D eigenvalue weighted by Crippen LogP contribution is 2.20. The van der Waals surface area contributed by atoms with Gasteiger partial charge in [0.1, 0.15) is 12.4 Å². The van der Waals surface area contributed by atoms with E-state index in [1.807, 2.05) is 30.3 Å². The molecule has 1 heterocycles. The number of aliphatic hydroxyl groups excluding tert-OH is 1. The second kappa shape index (κ2) is 9.49. The molecule has 0 atom stereocenters. The maximum Gasteiger partial charge on any atom is 0.257 e. The van der Waals surface area contributed by atoms with Gasteiger partial charge in [0.15, 0.2) is 0 Å². The molecule has 6 nitrogen and oxygen atoms in total. The fourth-order valence-electron chi connectivity index (χ4n) is 3.06. The number of benzene rings is 2. The Bertz CT molecular complexity index is 1050. The summed E-state index contributed by atoms with van der Waals surface area (Å²) in [6, 6.07) is 16.5. The molecule has 1 aromatic heterocycles. The number of carbonyl (C=O) groups is 1. The Labute approximate surface area is 173 Å². The minimum atomic E-state index is -0.327. The van der Waals surface area contributed by atoms with Gasteiger partial charge in [-0.25, -0.2) is 4.98 Å². The second-order valence-corrected chi connectivity index (χ2v) is 7.07. The number of hydrogen-bond acceptors (Lipinski definition) is 4. The molecule has 0 radical (unpaired) electrons. The van der Waals surface area contributed by atoms with Crippen molar-refractivity contribution in [1.82, 2.24) is 14.9 Å². The van der Waals surface area contributed by atoms with E-state index in [9.17, 15) is 14.7 Å². The summed E-state index contributed by atoms with van der Waals surface area (Å²) in [6.45, 7) is 1.76. The van der Waals surface area contributed by atoms with E-state index >= 15 is 0 Å². The predicted octanol–water partition coefficient (Wildman–Crippen LogP) is 2.72. The highest BCUT2D eigenvalue weighted by molar-refractivity contribution is 6.30. The van der Waals surface area contributed by atoms with Crippen molar-refractivity contribution < 1.29 is 9.90 Å². The fourth-order valence-corrected chi connectivity index (χ4v) is 3.19. The van der Waals surface area contributed by atoms with Gasteiger partial charge in [-0.2, -0.15) is 0 Å². The van der Waals surface area contributed by atoms with Crippen LogP contribution in [0.25, 0.3) is 11.4 Å². The maximum atomic E-state index is 13.1. The van der Waals surface area contributed by atoms with Crippen molar-refractivity contribution in [2.45, 2.75) is 26.4 Å². The molecule has 1 amide bonds. The summed E-state index contributed by atoms with van der Waals surface area (Å²) >= 11 is 5.97. The van der Waals surface area contributed by atoms with E-state index in [0.29, 0.717) is 34.2 Å². The molecule has 29 heavy (non-hydrogen) atoms. The van der Waals surface area contributed by atoms with Crippen LogP contribution in [0.2, 0.25) is 5.02 Å². The van der Waals surface area contributed by atoms with Crippen LogP contribution in [0.3, 0.4) is 0 Å². The largest absolute Gasteiger partial charge is 0.396 e. The van der Waals surface area contributed by atoms with Gasteiger partial charge in [-0.05, 0) is 36.8 Å². The van der Waals surface area contributed by atoms with Gasteiger partial charge < -0.3 is 10.4 Å². The summed E-state index contributed by atoms with van der Waals surface area (Å²) in [7, 11) is 0. The zero-order chi connectivity index (χ0) is 20.8. The van der Waals surface area contributed by atoms with E-state index in [-0.39, 0.29) is 31.0 Å². The third-order valence-electron chi connectivity index (χ3n) is 4.57. The first-order chi connectivity index (χ1) is 14.0. The van der Waals surface area contributed by atoms with Crippen LogP contribution in [0.15, 0.2) is 59.4 Å². The summed E-state index contributed by atoms with van der Waals surface area (Å²) in [5.41, 5.74) is 2.26. The third kappa shape index (κ3) is 5.10. The van der Waals surface area contributed by atoms with Crippen LogP contribution >= 0.6 is 11.6 Å². The Kier molecular flexibility index (Phi) is 6.80. The number of hydrogen-bond donors (Lipinski definition) is 2. The van der Waals surface area contributed by atoms with E-state index in [1.165, 1.54) is 4.57 Å². The number of carbonyl (C=O) groups excluding carboxylic acids is 1. The monoisotopic (exact) mass is 411 g/mol.